The first-order valence-corrected chi connectivity index (χ1v) is 8.34. The van der Waals surface area contributed by atoms with Crippen LogP contribution in [-0.4, -0.2) is 27.8 Å². The van der Waals surface area contributed by atoms with E-state index in [4.69, 9.17) is 0 Å². The highest BCUT2D eigenvalue weighted by atomic mass is 79.9. The summed E-state index contributed by atoms with van der Waals surface area (Å²) in [7, 11) is 0. The van der Waals surface area contributed by atoms with E-state index in [1.54, 1.807) is 0 Å². The molecule has 1 fully saturated rings. The number of rotatable bonds is 3. The Hall–Kier alpha value is -0.930. The molecule has 0 amide bonds. The number of likely N-dealkylation sites (tertiary alicyclic amines) is 1. The SMILES string of the molecule is CC(Br)C1CCN(Cc2ccc3ncccc3c2)CC1. The third kappa shape index (κ3) is 3.21. The van der Waals surface area contributed by atoms with E-state index in [9.17, 15) is 0 Å². The summed E-state index contributed by atoms with van der Waals surface area (Å²) in [5.74, 6) is 0.840. The second kappa shape index (κ2) is 6.23. The van der Waals surface area contributed by atoms with Crippen molar-refractivity contribution in [3.63, 3.8) is 0 Å². The highest BCUT2D eigenvalue weighted by Crippen LogP contribution is 2.26. The first kappa shape index (κ1) is 14.0. The molecule has 1 aromatic heterocycles. The highest BCUT2D eigenvalue weighted by Gasteiger charge is 2.22. The van der Waals surface area contributed by atoms with Gasteiger partial charge in [0.2, 0.25) is 0 Å². The third-order valence-electron chi connectivity index (χ3n) is 4.36. The van der Waals surface area contributed by atoms with Crippen LogP contribution < -0.4 is 0 Å². The van der Waals surface area contributed by atoms with Crippen molar-refractivity contribution >= 4 is 26.8 Å². The second-order valence-electron chi connectivity index (χ2n) is 5.82. The number of fused-ring (bicyclic) bond motifs is 1. The number of pyridine rings is 1. The summed E-state index contributed by atoms with van der Waals surface area (Å²) in [4.78, 5) is 7.60. The Morgan fingerprint density at radius 1 is 1.30 bits per heavy atom. The molecule has 2 nitrogen and oxygen atoms in total. The topological polar surface area (TPSA) is 16.1 Å². The number of hydrogen-bond acceptors (Lipinski definition) is 2. The molecule has 0 radical (unpaired) electrons. The molecule has 106 valence electrons. The van der Waals surface area contributed by atoms with Gasteiger partial charge in [-0.25, -0.2) is 0 Å². The van der Waals surface area contributed by atoms with Crippen molar-refractivity contribution in [1.82, 2.24) is 9.88 Å². The van der Waals surface area contributed by atoms with Gasteiger partial charge in [0.05, 0.1) is 5.52 Å². The van der Waals surface area contributed by atoms with E-state index in [1.807, 2.05) is 12.3 Å². The fourth-order valence-corrected chi connectivity index (χ4v) is 3.58. The maximum atomic E-state index is 4.38. The minimum absolute atomic E-state index is 0.649. The van der Waals surface area contributed by atoms with Crippen molar-refractivity contribution in [2.24, 2.45) is 5.92 Å². The fourth-order valence-electron chi connectivity index (χ4n) is 3.05. The molecule has 0 bridgehead atoms. The monoisotopic (exact) mass is 332 g/mol. The lowest BCUT2D eigenvalue weighted by Gasteiger charge is -2.33. The molecular weight excluding hydrogens is 312 g/mol. The van der Waals surface area contributed by atoms with Crippen LogP contribution >= 0.6 is 15.9 Å². The van der Waals surface area contributed by atoms with Crippen molar-refractivity contribution < 1.29 is 0 Å². The summed E-state index contributed by atoms with van der Waals surface area (Å²) in [5.41, 5.74) is 2.49. The molecule has 1 saturated heterocycles. The Bertz CT molecular complexity index is 574. The normalized spacial score (nSPS) is 19.3. The van der Waals surface area contributed by atoms with Crippen LogP contribution in [0.4, 0.5) is 0 Å². The zero-order valence-corrected chi connectivity index (χ0v) is 13.5. The number of hydrogen-bond donors (Lipinski definition) is 0. The van der Waals surface area contributed by atoms with Crippen LogP contribution in [0, 0.1) is 5.92 Å². The summed E-state index contributed by atoms with van der Waals surface area (Å²) < 4.78 is 0. The van der Waals surface area contributed by atoms with Gasteiger partial charge >= 0.3 is 0 Å². The van der Waals surface area contributed by atoms with Crippen molar-refractivity contribution in [2.45, 2.75) is 31.1 Å². The fraction of sp³-hybridized carbons (Fsp3) is 0.471. The van der Waals surface area contributed by atoms with Crippen molar-refractivity contribution in [1.29, 1.82) is 0 Å². The first-order chi connectivity index (χ1) is 9.72. The summed E-state index contributed by atoms with van der Waals surface area (Å²) in [6.07, 6.45) is 4.47. The van der Waals surface area contributed by atoms with E-state index < -0.39 is 0 Å². The van der Waals surface area contributed by atoms with Crippen LogP contribution in [0.5, 0.6) is 0 Å². The van der Waals surface area contributed by atoms with Gasteiger partial charge in [0.15, 0.2) is 0 Å². The molecule has 1 unspecified atom stereocenters. The zero-order valence-electron chi connectivity index (χ0n) is 11.9. The Balaban J connectivity index is 1.65. The van der Waals surface area contributed by atoms with Gasteiger partial charge in [-0.3, -0.25) is 9.88 Å². The number of aromatic nitrogens is 1. The highest BCUT2D eigenvalue weighted by molar-refractivity contribution is 9.09. The molecule has 0 aliphatic carbocycles. The third-order valence-corrected chi connectivity index (χ3v) is 5.10. The second-order valence-corrected chi connectivity index (χ2v) is 7.27. The van der Waals surface area contributed by atoms with E-state index in [2.05, 4.69) is 57.0 Å². The molecule has 1 aromatic carbocycles. The van der Waals surface area contributed by atoms with Crippen LogP contribution in [0.15, 0.2) is 36.5 Å². The van der Waals surface area contributed by atoms with Gasteiger partial charge in [-0.05, 0) is 55.6 Å². The lowest BCUT2D eigenvalue weighted by atomic mass is 9.94. The van der Waals surface area contributed by atoms with E-state index in [1.165, 1.54) is 36.9 Å². The molecule has 3 rings (SSSR count). The smallest absolute Gasteiger partial charge is 0.0702 e. The quantitative estimate of drug-likeness (QED) is 0.782. The Kier molecular flexibility index (Phi) is 4.37. The molecule has 0 N–H and O–H groups in total. The zero-order chi connectivity index (χ0) is 13.9. The molecule has 20 heavy (non-hydrogen) atoms. The molecule has 1 aliphatic rings. The Morgan fingerprint density at radius 3 is 2.85 bits per heavy atom. The number of nitrogens with zero attached hydrogens (tertiary/aromatic N) is 2. The minimum Gasteiger partial charge on any atom is -0.299 e. The van der Waals surface area contributed by atoms with Crippen LogP contribution in [0.1, 0.15) is 25.3 Å². The van der Waals surface area contributed by atoms with Gasteiger partial charge in [0.1, 0.15) is 0 Å². The number of alkyl halides is 1. The van der Waals surface area contributed by atoms with Crippen molar-refractivity contribution in [3.05, 3.63) is 42.1 Å². The molecular formula is C17H21BrN2. The van der Waals surface area contributed by atoms with Gasteiger partial charge < -0.3 is 0 Å². The van der Waals surface area contributed by atoms with E-state index in [0.29, 0.717) is 4.83 Å². The summed E-state index contributed by atoms with van der Waals surface area (Å²) in [5, 5.41) is 1.24. The largest absolute Gasteiger partial charge is 0.299 e. The maximum absolute atomic E-state index is 4.38. The molecule has 2 heterocycles. The van der Waals surface area contributed by atoms with Crippen molar-refractivity contribution in [3.8, 4) is 0 Å². The molecule has 3 heteroatoms. The van der Waals surface area contributed by atoms with Crippen LogP contribution in [0.25, 0.3) is 10.9 Å². The predicted octanol–water partition coefficient (Wildman–Crippen LogP) is 4.23. The van der Waals surface area contributed by atoms with Gasteiger partial charge in [-0.1, -0.05) is 35.0 Å². The maximum Gasteiger partial charge on any atom is 0.0702 e. The van der Waals surface area contributed by atoms with Gasteiger partial charge in [-0.15, -0.1) is 0 Å². The van der Waals surface area contributed by atoms with E-state index in [0.717, 1.165) is 18.0 Å². The Morgan fingerprint density at radius 2 is 2.10 bits per heavy atom. The standard InChI is InChI=1S/C17H21BrN2/c1-13(18)15-6-9-20(10-7-15)12-14-4-5-17-16(11-14)3-2-8-19-17/h2-5,8,11,13,15H,6-7,9-10,12H2,1H3. The van der Waals surface area contributed by atoms with Crippen LogP contribution in [0.3, 0.4) is 0 Å². The number of piperidine rings is 1. The van der Waals surface area contributed by atoms with Crippen molar-refractivity contribution in [2.75, 3.05) is 13.1 Å². The summed E-state index contributed by atoms with van der Waals surface area (Å²) >= 11 is 3.72. The van der Waals surface area contributed by atoms with Gasteiger partial charge in [0.25, 0.3) is 0 Å². The van der Waals surface area contributed by atoms with E-state index in [-0.39, 0.29) is 0 Å². The molecule has 2 aromatic rings. The lowest BCUT2D eigenvalue weighted by molar-refractivity contribution is 0.178. The summed E-state index contributed by atoms with van der Waals surface area (Å²) in [6.45, 7) is 5.77. The Labute approximate surface area is 129 Å². The summed E-state index contributed by atoms with van der Waals surface area (Å²) in [6, 6.07) is 10.8. The molecule has 0 saturated carbocycles. The number of benzene rings is 1. The van der Waals surface area contributed by atoms with Gasteiger partial charge in [0, 0.05) is 23.0 Å². The van der Waals surface area contributed by atoms with Gasteiger partial charge in [-0.2, -0.15) is 0 Å². The minimum atomic E-state index is 0.649. The number of halogens is 1. The first-order valence-electron chi connectivity index (χ1n) is 7.42. The predicted molar refractivity (Wildman–Crippen MR) is 88.1 cm³/mol. The van der Waals surface area contributed by atoms with Crippen LogP contribution in [-0.2, 0) is 6.54 Å². The molecule has 0 spiro atoms. The average molecular weight is 333 g/mol. The molecule has 1 atom stereocenters. The molecule has 1 aliphatic heterocycles. The van der Waals surface area contributed by atoms with E-state index >= 15 is 0 Å². The lowest BCUT2D eigenvalue weighted by Crippen LogP contribution is -2.35. The van der Waals surface area contributed by atoms with Crippen LogP contribution in [0.2, 0.25) is 0 Å². The average Bonchev–Trinajstić information content (AvgIpc) is 2.48.